The Balaban J connectivity index is 2.46. The highest BCUT2D eigenvalue weighted by molar-refractivity contribution is 5.79. The minimum atomic E-state index is -0.964. The van der Waals surface area contributed by atoms with E-state index in [9.17, 15) is 20.0 Å². The van der Waals surface area contributed by atoms with Gasteiger partial charge in [-0.2, -0.15) is 0 Å². The number of aryl methyl sites for hydroxylation is 1. The van der Waals surface area contributed by atoms with E-state index in [0.717, 1.165) is 6.42 Å². The maximum atomic E-state index is 11.4. The van der Waals surface area contributed by atoms with E-state index < -0.39 is 16.9 Å². The number of nitrogens with zero attached hydrogens (tertiary/aromatic N) is 3. The maximum absolute atomic E-state index is 11.4. The van der Waals surface area contributed by atoms with Gasteiger partial charge in [-0.25, -0.2) is 9.78 Å². The second-order valence-corrected chi connectivity index (χ2v) is 5.23. The van der Waals surface area contributed by atoms with Crippen LogP contribution in [-0.4, -0.2) is 33.6 Å². The molecule has 1 aliphatic rings. The summed E-state index contributed by atoms with van der Waals surface area (Å²) in [5, 5.41) is 20.6. The van der Waals surface area contributed by atoms with Gasteiger partial charge in [-0.15, -0.1) is 0 Å². The highest BCUT2D eigenvalue weighted by Crippen LogP contribution is 2.34. The van der Waals surface area contributed by atoms with Crippen LogP contribution < -0.4 is 4.90 Å². The number of carboxylic acids is 1. The second-order valence-electron chi connectivity index (χ2n) is 5.23. The van der Waals surface area contributed by atoms with Gasteiger partial charge in [0.25, 0.3) is 0 Å². The standard InChI is InChI=1S/C13H17N3O4/c1-8-4-6-15(10(7-8)13(17)18)12-11(16(19)20)9(2)3-5-14-12/h3,5,8,10H,4,6-7H2,1-2H3,(H,17,18). The summed E-state index contributed by atoms with van der Waals surface area (Å²) in [7, 11) is 0. The lowest BCUT2D eigenvalue weighted by Crippen LogP contribution is -2.47. The Labute approximate surface area is 116 Å². The molecule has 0 bridgehead atoms. The van der Waals surface area contributed by atoms with E-state index in [-0.39, 0.29) is 17.4 Å². The van der Waals surface area contributed by atoms with E-state index >= 15 is 0 Å². The van der Waals surface area contributed by atoms with E-state index in [4.69, 9.17) is 0 Å². The van der Waals surface area contributed by atoms with Crippen LogP contribution in [0.5, 0.6) is 0 Å². The maximum Gasteiger partial charge on any atom is 0.326 e. The Morgan fingerprint density at radius 2 is 2.30 bits per heavy atom. The molecule has 1 aromatic rings. The highest BCUT2D eigenvalue weighted by atomic mass is 16.6. The lowest BCUT2D eigenvalue weighted by molar-refractivity contribution is -0.384. The van der Waals surface area contributed by atoms with Gasteiger partial charge >= 0.3 is 11.7 Å². The van der Waals surface area contributed by atoms with Crippen molar-refractivity contribution >= 4 is 17.5 Å². The van der Waals surface area contributed by atoms with Crippen molar-refractivity contribution in [2.45, 2.75) is 32.7 Å². The molecule has 0 aromatic carbocycles. The molecule has 2 rings (SSSR count). The number of pyridine rings is 1. The van der Waals surface area contributed by atoms with Gasteiger partial charge in [0.15, 0.2) is 0 Å². The van der Waals surface area contributed by atoms with Gasteiger partial charge in [-0.3, -0.25) is 10.1 Å². The van der Waals surface area contributed by atoms with Crippen molar-refractivity contribution in [3.63, 3.8) is 0 Å². The van der Waals surface area contributed by atoms with Crippen LogP contribution in [0.3, 0.4) is 0 Å². The van der Waals surface area contributed by atoms with Gasteiger partial charge in [-0.1, -0.05) is 6.92 Å². The van der Waals surface area contributed by atoms with Crippen molar-refractivity contribution < 1.29 is 14.8 Å². The van der Waals surface area contributed by atoms with Gasteiger partial charge in [0, 0.05) is 18.3 Å². The third kappa shape index (κ3) is 2.56. The molecule has 2 heterocycles. The summed E-state index contributed by atoms with van der Waals surface area (Å²) in [4.78, 5) is 27.7. The molecule has 108 valence electrons. The van der Waals surface area contributed by atoms with Gasteiger partial charge in [0.2, 0.25) is 5.82 Å². The Kier molecular flexibility index (Phi) is 3.87. The zero-order valence-electron chi connectivity index (χ0n) is 11.4. The first-order valence-corrected chi connectivity index (χ1v) is 6.51. The van der Waals surface area contributed by atoms with E-state index in [1.54, 1.807) is 17.9 Å². The Morgan fingerprint density at radius 3 is 2.90 bits per heavy atom. The van der Waals surface area contributed by atoms with Crippen molar-refractivity contribution in [3.05, 3.63) is 27.9 Å². The Bertz CT molecular complexity index is 546. The number of anilines is 1. The number of carbonyl (C=O) groups is 1. The summed E-state index contributed by atoms with van der Waals surface area (Å²) in [6.45, 7) is 4.09. The highest BCUT2D eigenvalue weighted by Gasteiger charge is 2.36. The van der Waals surface area contributed by atoms with Crippen LogP contribution in [0.25, 0.3) is 0 Å². The molecule has 7 heteroatoms. The smallest absolute Gasteiger partial charge is 0.326 e. The zero-order valence-corrected chi connectivity index (χ0v) is 11.4. The second kappa shape index (κ2) is 5.44. The van der Waals surface area contributed by atoms with E-state index in [1.807, 2.05) is 6.92 Å². The summed E-state index contributed by atoms with van der Waals surface area (Å²) in [6, 6.07) is 0.802. The SMILES string of the molecule is Cc1ccnc(N2CCC(C)CC2C(=O)O)c1[N+](=O)[O-]. The van der Waals surface area contributed by atoms with Crippen LogP contribution in [0.4, 0.5) is 11.5 Å². The molecule has 2 atom stereocenters. The quantitative estimate of drug-likeness (QED) is 0.671. The number of piperidine rings is 1. The first-order valence-electron chi connectivity index (χ1n) is 6.51. The third-order valence-corrected chi connectivity index (χ3v) is 3.71. The molecule has 0 aliphatic carbocycles. The third-order valence-electron chi connectivity index (χ3n) is 3.71. The first-order chi connectivity index (χ1) is 9.41. The Morgan fingerprint density at radius 1 is 1.60 bits per heavy atom. The van der Waals surface area contributed by atoms with Crippen molar-refractivity contribution in [2.24, 2.45) is 5.92 Å². The number of aliphatic carboxylic acids is 1. The van der Waals surface area contributed by atoms with Crippen LogP contribution in [0.15, 0.2) is 12.3 Å². The number of hydrogen-bond donors (Lipinski definition) is 1. The number of aromatic nitrogens is 1. The molecule has 20 heavy (non-hydrogen) atoms. The van der Waals surface area contributed by atoms with Crippen LogP contribution in [-0.2, 0) is 4.79 Å². The van der Waals surface area contributed by atoms with Gasteiger partial charge < -0.3 is 10.0 Å². The first kappa shape index (κ1) is 14.2. The van der Waals surface area contributed by atoms with Crippen LogP contribution in [0.2, 0.25) is 0 Å². The van der Waals surface area contributed by atoms with Crippen molar-refractivity contribution in [3.8, 4) is 0 Å². The largest absolute Gasteiger partial charge is 0.480 e. The molecule has 0 spiro atoms. The van der Waals surface area contributed by atoms with Crippen LogP contribution >= 0.6 is 0 Å². The monoisotopic (exact) mass is 279 g/mol. The minimum absolute atomic E-state index is 0.103. The number of nitro groups is 1. The summed E-state index contributed by atoms with van der Waals surface area (Å²) in [5.74, 6) is -0.514. The lowest BCUT2D eigenvalue weighted by atomic mass is 9.92. The molecule has 1 fully saturated rings. The Hall–Kier alpha value is -2.18. The van der Waals surface area contributed by atoms with E-state index in [1.165, 1.54) is 6.20 Å². The van der Waals surface area contributed by atoms with Crippen molar-refractivity contribution in [1.29, 1.82) is 0 Å². The van der Waals surface area contributed by atoms with Gasteiger partial charge in [0.1, 0.15) is 6.04 Å². The zero-order chi connectivity index (χ0) is 14.9. The fourth-order valence-electron chi connectivity index (χ4n) is 2.60. The van der Waals surface area contributed by atoms with Gasteiger partial charge in [0.05, 0.1) is 4.92 Å². The van der Waals surface area contributed by atoms with Crippen LogP contribution in [0.1, 0.15) is 25.3 Å². The molecule has 7 nitrogen and oxygen atoms in total. The number of hydrogen-bond acceptors (Lipinski definition) is 5. The summed E-state index contributed by atoms with van der Waals surface area (Å²) in [6.07, 6.45) is 2.76. The molecule has 1 N–H and O–H groups in total. The summed E-state index contributed by atoms with van der Waals surface area (Å²) >= 11 is 0. The molecule has 2 unspecified atom stereocenters. The number of carboxylic acid groups (broad SMARTS) is 1. The molecule has 0 saturated carbocycles. The molecule has 1 saturated heterocycles. The molecule has 1 aromatic heterocycles. The van der Waals surface area contributed by atoms with E-state index in [2.05, 4.69) is 4.98 Å². The summed E-state index contributed by atoms with van der Waals surface area (Å²) in [5.41, 5.74) is 0.385. The normalized spacial score (nSPS) is 22.6. The molecular formula is C13H17N3O4. The fourth-order valence-corrected chi connectivity index (χ4v) is 2.60. The minimum Gasteiger partial charge on any atom is -0.480 e. The van der Waals surface area contributed by atoms with Gasteiger partial charge in [-0.05, 0) is 31.7 Å². The predicted octanol–water partition coefficient (Wildman–Crippen LogP) is 1.99. The molecule has 1 aliphatic heterocycles. The molecular weight excluding hydrogens is 262 g/mol. The molecule has 0 amide bonds. The van der Waals surface area contributed by atoms with E-state index in [0.29, 0.717) is 18.5 Å². The molecule has 0 radical (unpaired) electrons. The van der Waals surface area contributed by atoms with Crippen molar-refractivity contribution in [2.75, 3.05) is 11.4 Å². The average Bonchev–Trinajstić information content (AvgIpc) is 2.37. The number of rotatable bonds is 3. The van der Waals surface area contributed by atoms with Crippen molar-refractivity contribution in [1.82, 2.24) is 4.98 Å². The fraction of sp³-hybridized carbons (Fsp3) is 0.538. The van der Waals surface area contributed by atoms with Crippen LogP contribution in [0, 0.1) is 23.0 Å². The predicted molar refractivity (Wildman–Crippen MR) is 72.8 cm³/mol. The lowest BCUT2D eigenvalue weighted by Gasteiger charge is -2.36. The summed E-state index contributed by atoms with van der Waals surface area (Å²) < 4.78 is 0. The average molecular weight is 279 g/mol. The topological polar surface area (TPSA) is 96.6 Å².